The molecule has 0 bridgehead atoms. The highest BCUT2D eigenvalue weighted by atomic mass is 16.5. The summed E-state index contributed by atoms with van der Waals surface area (Å²) in [6.07, 6.45) is 5.27. The molecule has 1 aliphatic rings. The summed E-state index contributed by atoms with van der Waals surface area (Å²) in [5.74, 6) is 1.39. The standard InChI is InChI=1S/C13H23N3O2/c1-4-10(14-3)11-15-12(16-18-11)13(17-5-2)8-6-7-9-13/h10,14H,4-9H2,1-3H3. The Bertz CT molecular complexity index is 368. The van der Waals surface area contributed by atoms with Crippen molar-refractivity contribution in [2.45, 2.75) is 57.6 Å². The van der Waals surface area contributed by atoms with Gasteiger partial charge in [0.2, 0.25) is 11.7 Å². The molecule has 5 heteroatoms. The second kappa shape index (κ2) is 5.80. The first-order valence-corrected chi connectivity index (χ1v) is 6.91. The van der Waals surface area contributed by atoms with Crippen molar-refractivity contribution >= 4 is 0 Å². The Labute approximate surface area is 108 Å². The summed E-state index contributed by atoms with van der Waals surface area (Å²) < 4.78 is 11.3. The van der Waals surface area contributed by atoms with Crippen LogP contribution in [-0.4, -0.2) is 23.8 Å². The Kier molecular flexibility index (Phi) is 4.35. The molecule has 2 rings (SSSR count). The fourth-order valence-corrected chi connectivity index (χ4v) is 2.72. The molecule has 18 heavy (non-hydrogen) atoms. The fourth-order valence-electron chi connectivity index (χ4n) is 2.72. The summed E-state index contributed by atoms with van der Waals surface area (Å²) in [4.78, 5) is 4.56. The van der Waals surface area contributed by atoms with Crippen LogP contribution in [0.25, 0.3) is 0 Å². The van der Waals surface area contributed by atoms with Gasteiger partial charge in [-0.2, -0.15) is 4.98 Å². The minimum atomic E-state index is -0.303. The number of ether oxygens (including phenoxy) is 1. The van der Waals surface area contributed by atoms with Crippen LogP contribution in [0.5, 0.6) is 0 Å². The van der Waals surface area contributed by atoms with Crippen molar-refractivity contribution in [1.29, 1.82) is 0 Å². The normalized spacial score (nSPS) is 20.2. The molecule has 1 saturated carbocycles. The van der Waals surface area contributed by atoms with Crippen molar-refractivity contribution in [3.63, 3.8) is 0 Å². The van der Waals surface area contributed by atoms with E-state index in [1.54, 1.807) is 0 Å². The second-order valence-corrected chi connectivity index (χ2v) is 4.84. The third kappa shape index (κ3) is 2.42. The van der Waals surface area contributed by atoms with Crippen LogP contribution in [0.2, 0.25) is 0 Å². The first-order valence-electron chi connectivity index (χ1n) is 6.91. The zero-order valence-corrected chi connectivity index (χ0v) is 11.5. The van der Waals surface area contributed by atoms with Gasteiger partial charge in [0.05, 0.1) is 6.04 Å². The van der Waals surface area contributed by atoms with Gasteiger partial charge in [0.15, 0.2) is 0 Å². The van der Waals surface area contributed by atoms with Crippen molar-refractivity contribution in [2.24, 2.45) is 0 Å². The smallest absolute Gasteiger partial charge is 0.243 e. The van der Waals surface area contributed by atoms with Crippen molar-refractivity contribution in [2.75, 3.05) is 13.7 Å². The Morgan fingerprint density at radius 2 is 2.11 bits per heavy atom. The van der Waals surface area contributed by atoms with Gasteiger partial charge < -0.3 is 14.6 Å². The number of hydrogen-bond acceptors (Lipinski definition) is 5. The molecule has 1 fully saturated rings. The van der Waals surface area contributed by atoms with E-state index in [-0.39, 0.29) is 11.6 Å². The molecule has 1 unspecified atom stereocenters. The number of aromatic nitrogens is 2. The highest BCUT2D eigenvalue weighted by molar-refractivity contribution is 5.05. The zero-order valence-electron chi connectivity index (χ0n) is 11.5. The number of rotatable bonds is 6. The van der Waals surface area contributed by atoms with Gasteiger partial charge in [-0.25, -0.2) is 0 Å². The number of nitrogens with one attached hydrogen (secondary N) is 1. The minimum Gasteiger partial charge on any atom is -0.367 e. The molecule has 0 aromatic carbocycles. The topological polar surface area (TPSA) is 60.2 Å². The van der Waals surface area contributed by atoms with Crippen LogP contribution in [0, 0.1) is 0 Å². The molecule has 1 aliphatic carbocycles. The first-order chi connectivity index (χ1) is 8.75. The summed E-state index contributed by atoms with van der Waals surface area (Å²) in [7, 11) is 1.91. The van der Waals surface area contributed by atoms with Gasteiger partial charge in [0, 0.05) is 6.61 Å². The molecule has 0 spiro atoms. The fraction of sp³-hybridized carbons (Fsp3) is 0.846. The van der Waals surface area contributed by atoms with E-state index in [0.717, 1.165) is 25.1 Å². The van der Waals surface area contributed by atoms with Gasteiger partial charge in [0.25, 0.3) is 0 Å². The molecule has 1 aromatic rings. The highest BCUT2D eigenvalue weighted by Gasteiger charge is 2.41. The lowest BCUT2D eigenvalue weighted by molar-refractivity contribution is -0.0469. The molecule has 0 radical (unpaired) electrons. The van der Waals surface area contributed by atoms with Crippen LogP contribution in [-0.2, 0) is 10.3 Å². The maximum atomic E-state index is 5.93. The summed E-state index contributed by atoms with van der Waals surface area (Å²) in [6, 6.07) is 0.131. The Morgan fingerprint density at radius 1 is 1.39 bits per heavy atom. The van der Waals surface area contributed by atoms with E-state index < -0.39 is 0 Å². The Balaban J connectivity index is 2.21. The van der Waals surface area contributed by atoms with Crippen molar-refractivity contribution in [1.82, 2.24) is 15.5 Å². The monoisotopic (exact) mass is 253 g/mol. The SMILES string of the molecule is CCOC1(c2noc(C(CC)NC)n2)CCCC1. The van der Waals surface area contributed by atoms with Crippen molar-refractivity contribution in [3.05, 3.63) is 11.7 Å². The third-order valence-corrected chi connectivity index (χ3v) is 3.74. The lowest BCUT2D eigenvalue weighted by atomic mass is 10.0. The van der Waals surface area contributed by atoms with Crippen molar-refractivity contribution in [3.8, 4) is 0 Å². The summed E-state index contributed by atoms with van der Waals surface area (Å²) in [6.45, 7) is 4.80. The predicted octanol–water partition coefficient (Wildman–Crippen LogP) is 2.55. The maximum absolute atomic E-state index is 5.93. The van der Waals surface area contributed by atoms with Crippen LogP contribution in [0.15, 0.2) is 4.52 Å². The van der Waals surface area contributed by atoms with E-state index in [9.17, 15) is 0 Å². The van der Waals surface area contributed by atoms with E-state index in [0.29, 0.717) is 12.5 Å². The predicted molar refractivity (Wildman–Crippen MR) is 68.2 cm³/mol. The molecule has 1 N–H and O–H groups in total. The van der Waals surface area contributed by atoms with Crippen LogP contribution < -0.4 is 5.32 Å². The molecule has 1 heterocycles. The molecule has 1 aromatic heterocycles. The van der Waals surface area contributed by atoms with Gasteiger partial charge in [0.1, 0.15) is 5.60 Å². The van der Waals surface area contributed by atoms with Crippen molar-refractivity contribution < 1.29 is 9.26 Å². The average Bonchev–Trinajstić information content (AvgIpc) is 3.01. The van der Waals surface area contributed by atoms with Gasteiger partial charge in [-0.3, -0.25) is 0 Å². The van der Waals surface area contributed by atoms with Crippen LogP contribution in [0.3, 0.4) is 0 Å². The van der Waals surface area contributed by atoms with E-state index in [4.69, 9.17) is 9.26 Å². The van der Waals surface area contributed by atoms with Gasteiger partial charge in [-0.15, -0.1) is 0 Å². The molecule has 0 amide bonds. The molecule has 102 valence electrons. The average molecular weight is 253 g/mol. The molecular formula is C13H23N3O2. The third-order valence-electron chi connectivity index (χ3n) is 3.74. The zero-order chi connectivity index (χ0) is 13.0. The Hall–Kier alpha value is -0.940. The Morgan fingerprint density at radius 3 is 2.67 bits per heavy atom. The van der Waals surface area contributed by atoms with Gasteiger partial charge in [-0.05, 0) is 46.1 Å². The van der Waals surface area contributed by atoms with Gasteiger partial charge in [-0.1, -0.05) is 12.1 Å². The largest absolute Gasteiger partial charge is 0.367 e. The maximum Gasteiger partial charge on any atom is 0.243 e. The molecule has 0 saturated heterocycles. The lowest BCUT2D eigenvalue weighted by Gasteiger charge is -2.24. The van der Waals surface area contributed by atoms with E-state index in [2.05, 4.69) is 22.4 Å². The van der Waals surface area contributed by atoms with Crippen LogP contribution >= 0.6 is 0 Å². The number of nitrogens with zero attached hydrogens (tertiary/aromatic N) is 2. The van der Waals surface area contributed by atoms with Gasteiger partial charge >= 0.3 is 0 Å². The lowest BCUT2D eigenvalue weighted by Crippen LogP contribution is -2.28. The minimum absolute atomic E-state index is 0.131. The quantitative estimate of drug-likeness (QED) is 0.844. The van der Waals surface area contributed by atoms with E-state index in [1.807, 2.05) is 14.0 Å². The number of hydrogen-bond donors (Lipinski definition) is 1. The molecular weight excluding hydrogens is 230 g/mol. The summed E-state index contributed by atoms with van der Waals surface area (Å²) in [5, 5.41) is 7.33. The highest BCUT2D eigenvalue weighted by Crippen LogP contribution is 2.40. The first kappa shape index (κ1) is 13.5. The summed E-state index contributed by atoms with van der Waals surface area (Å²) in [5.41, 5.74) is -0.303. The van der Waals surface area contributed by atoms with Crippen LogP contribution in [0.4, 0.5) is 0 Å². The van der Waals surface area contributed by atoms with E-state index in [1.165, 1.54) is 12.8 Å². The van der Waals surface area contributed by atoms with Crippen LogP contribution in [0.1, 0.15) is 63.7 Å². The molecule has 1 atom stereocenters. The van der Waals surface area contributed by atoms with E-state index >= 15 is 0 Å². The second-order valence-electron chi connectivity index (χ2n) is 4.84. The molecule has 5 nitrogen and oxygen atoms in total. The summed E-state index contributed by atoms with van der Waals surface area (Å²) >= 11 is 0. The molecule has 0 aliphatic heterocycles.